The molecular weight excluding hydrogens is 412 g/mol. The average molecular weight is 445 g/mol. The average Bonchev–Trinajstić information content (AvgIpc) is 2.88. The van der Waals surface area contributed by atoms with E-state index < -0.39 is 11.5 Å². The molecule has 0 radical (unpaired) electrons. The van der Waals surface area contributed by atoms with E-state index in [4.69, 9.17) is 4.74 Å². The molecule has 27 heavy (non-hydrogen) atoms. The first kappa shape index (κ1) is 20.1. The first-order valence-electron chi connectivity index (χ1n) is 10.5. The summed E-state index contributed by atoms with van der Waals surface area (Å²) in [6.45, 7) is 3.79. The lowest BCUT2D eigenvalue weighted by Gasteiger charge is -2.62. The van der Waals surface area contributed by atoms with Crippen molar-refractivity contribution in [1.29, 1.82) is 0 Å². The molecule has 10 atom stereocenters. The predicted octanol–water partition coefficient (Wildman–Crippen LogP) is 2.64. The van der Waals surface area contributed by atoms with E-state index in [2.05, 4.69) is 22.9 Å². The molecule has 5 nitrogen and oxygen atoms in total. The van der Waals surface area contributed by atoms with Crippen molar-refractivity contribution in [2.75, 3.05) is 6.61 Å². The van der Waals surface area contributed by atoms with Crippen molar-refractivity contribution in [3.63, 3.8) is 0 Å². The van der Waals surface area contributed by atoms with Gasteiger partial charge in [0.1, 0.15) is 6.10 Å². The van der Waals surface area contributed by atoms with Crippen LogP contribution in [0.15, 0.2) is 0 Å². The van der Waals surface area contributed by atoms with Gasteiger partial charge in [-0.3, -0.25) is 4.79 Å². The zero-order valence-corrected chi connectivity index (χ0v) is 17.9. The van der Waals surface area contributed by atoms with E-state index in [0.29, 0.717) is 11.8 Å². The third-order valence-corrected chi connectivity index (χ3v) is 9.73. The van der Waals surface area contributed by atoms with E-state index in [0.717, 1.165) is 44.9 Å². The number of carbonyl (C=O) groups excluding carboxylic acids is 1. The van der Waals surface area contributed by atoms with Crippen LogP contribution in [0.25, 0.3) is 0 Å². The number of esters is 1. The van der Waals surface area contributed by atoms with Crippen LogP contribution in [0.5, 0.6) is 0 Å². The van der Waals surface area contributed by atoms with E-state index in [1.54, 1.807) is 0 Å². The maximum absolute atomic E-state index is 11.7. The van der Waals surface area contributed by atoms with Crippen molar-refractivity contribution in [3.8, 4) is 0 Å². The Hall–Kier alpha value is -0.170. The van der Waals surface area contributed by atoms with Gasteiger partial charge >= 0.3 is 5.97 Å². The lowest BCUT2D eigenvalue weighted by molar-refractivity contribution is -0.194. The zero-order chi connectivity index (χ0) is 19.6. The van der Waals surface area contributed by atoms with E-state index in [-0.39, 0.29) is 46.9 Å². The SMILES string of the molecule is CC(=O)O[C@H]1[C@H](Br)CC2C3C(CC[C@@]21CO)[C@@]1(C)CC[C@H](O)CC1C[C@@H]3O. The Morgan fingerprint density at radius 2 is 1.89 bits per heavy atom. The van der Waals surface area contributed by atoms with Gasteiger partial charge in [-0.25, -0.2) is 0 Å². The summed E-state index contributed by atoms with van der Waals surface area (Å²) in [6.07, 6.45) is 4.99. The number of aliphatic hydroxyl groups excluding tert-OH is 3. The molecule has 4 rings (SSSR count). The van der Waals surface area contributed by atoms with Gasteiger partial charge in [-0.1, -0.05) is 22.9 Å². The molecule has 0 saturated heterocycles. The minimum absolute atomic E-state index is 0.00743. The molecule has 4 aliphatic rings. The van der Waals surface area contributed by atoms with Gasteiger partial charge in [-0.05, 0) is 74.0 Å². The topological polar surface area (TPSA) is 87.0 Å². The maximum atomic E-state index is 11.7. The number of carbonyl (C=O) groups is 1. The Balaban J connectivity index is 1.68. The lowest BCUT2D eigenvalue weighted by atomic mass is 9.44. The van der Waals surface area contributed by atoms with Crippen molar-refractivity contribution in [2.45, 2.75) is 81.9 Å². The number of hydrogen-bond acceptors (Lipinski definition) is 5. The summed E-state index contributed by atoms with van der Waals surface area (Å²) in [5.74, 6) is 0.735. The second-order valence-corrected chi connectivity index (χ2v) is 11.1. The van der Waals surface area contributed by atoms with Gasteiger partial charge in [-0.15, -0.1) is 0 Å². The van der Waals surface area contributed by atoms with Crippen molar-refractivity contribution >= 4 is 21.9 Å². The number of alkyl halides is 1. The van der Waals surface area contributed by atoms with Crippen LogP contribution < -0.4 is 0 Å². The fourth-order valence-electron chi connectivity index (χ4n) is 7.60. The molecule has 0 aromatic carbocycles. The molecule has 0 aliphatic heterocycles. The summed E-state index contributed by atoms with van der Waals surface area (Å²) in [5.41, 5.74) is -0.314. The second kappa shape index (κ2) is 6.96. The lowest BCUT2D eigenvalue weighted by Crippen LogP contribution is -2.60. The first-order chi connectivity index (χ1) is 12.7. The molecule has 4 aliphatic carbocycles. The van der Waals surface area contributed by atoms with Crippen molar-refractivity contribution < 1.29 is 24.9 Å². The summed E-state index contributed by atoms with van der Waals surface area (Å²) in [4.78, 5) is 11.7. The maximum Gasteiger partial charge on any atom is 0.302 e. The highest BCUT2D eigenvalue weighted by Gasteiger charge is 2.66. The summed E-state index contributed by atoms with van der Waals surface area (Å²) in [5, 5.41) is 31.8. The third-order valence-electron chi connectivity index (χ3n) is 8.87. The van der Waals surface area contributed by atoms with Crippen LogP contribution in [-0.4, -0.2) is 51.0 Å². The third kappa shape index (κ3) is 2.92. The molecule has 0 aromatic rings. The summed E-state index contributed by atoms with van der Waals surface area (Å²) in [7, 11) is 0. The first-order valence-corrected chi connectivity index (χ1v) is 11.4. The molecule has 0 amide bonds. The minimum Gasteiger partial charge on any atom is -0.461 e. The van der Waals surface area contributed by atoms with Gasteiger partial charge in [0, 0.05) is 12.3 Å². The molecule has 3 N–H and O–H groups in total. The summed E-state index contributed by atoms with van der Waals surface area (Å²) in [6, 6.07) is 0. The molecule has 0 spiro atoms. The van der Waals surface area contributed by atoms with Crippen LogP contribution in [0.2, 0.25) is 0 Å². The highest BCUT2D eigenvalue weighted by Crippen LogP contribution is 2.67. The molecule has 0 heterocycles. The Morgan fingerprint density at radius 3 is 2.56 bits per heavy atom. The van der Waals surface area contributed by atoms with Gasteiger partial charge in [0.15, 0.2) is 0 Å². The van der Waals surface area contributed by atoms with E-state index in [9.17, 15) is 20.1 Å². The van der Waals surface area contributed by atoms with E-state index in [1.807, 2.05) is 0 Å². The standard InChI is InChI=1S/C21H33BrO5/c1-11(24)27-19-16(22)9-15-18-14(4-6-21(15,19)10-23)20(2)5-3-13(25)7-12(20)8-17(18)26/h12-19,23,25-26H,3-10H2,1-2H3/t12?,13-,14?,15?,16+,17-,18?,19-,20-,21+/m0/s1. The van der Waals surface area contributed by atoms with E-state index in [1.165, 1.54) is 6.92 Å². The molecular formula is C21H33BrO5. The summed E-state index contributed by atoms with van der Waals surface area (Å²) < 4.78 is 5.69. The molecule has 154 valence electrons. The molecule has 4 saturated carbocycles. The van der Waals surface area contributed by atoms with Gasteiger partial charge in [-0.2, -0.15) is 0 Å². The fraction of sp³-hybridized carbons (Fsp3) is 0.952. The smallest absolute Gasteiger partial charge is 0.302 e. The molecule has 0 aromatic heterocycles. The van der Waals surface area contributed by atoms with Crippen molar-refractivity contribution in [3.05, 3.63) is 0 Å². The quantitative estimate of drug-likeness (QED) is 0.450. The number of rotatable bonds is 2. The van der Waals surface area contributed by atoms with Crippen LogP contribution in [0.3, 0.4) is 0 Å². The van der Waals surface area contributed by atoms with Crippen LogP contribution in [0, 0.1) is 34.5 Å². The highest BCUT2D eigenvalue weighted by molar-refractivity contribution is 9.09. The van der Waals surface area contributed by atoms with Gasteiger partial charge in [0.05, 0.1) is 23.6 Å². The number of fused-ring (bicyclic) bond motifs is 5. The normalized spacial score (nSPS) is 54.6. The summed E-state index contributed by atoms with van der Waals surface area (Å²) >= 11 is 3.72. The Kier molecular flexibility index (Phi) is 5.19. The predicted molar refractivity (Wildman–Crippen MR) is 104 cm³/mol. The van der Waals surface area contributed by atoms with Gasteiger partial charge in [0.25, 0.3) is 0 Å². The zero-order valence-electron chi connectivity index (χ0n) is 16.3. The molecule has 6 heteroatoms. The second-order valence-electron chi connectivity index (χ2n) is 9.94. The van der Waals surface area contributed by atoms with Crippen LogP contribution in [0.1, 0.15) is 58.8 Å². The van der Waals surface area contributed by atoms with Crippen LogP contribution in [-0.2, 0) is 9.53 Å². The largest absolute Gasteiger partial charge is 0.461 e. The Morgan fingerprint density at radius 1 is 1.15 bits per heavy atom. The van der Waals surface area contributed by atoms with Gasteiger partial charge < -0.3 is 20.1 Å². The number of ether oxygens (including phenoxy) is 1. The highest BCUT2D eigenvalue weighted by atomic mass is 79.9. The Labute approximate surface area is 170 Å². The van der Waals surface area contributed by atoms with Gasteiger partial charge in [0.2, 0.25) is 0 Å². The molecule has 4 unspecified atom stereocenters. The number of hydrogen-bond donors (Lipinski definition) is 3. The molecule has 4 fully saturated rings. The van der Waals surface area contributed by atoms with Crippen molar-refractivity contribution in [1.82, 2.24) is 0 Å². The monoisotopic (exact) mass is 444 g/mol. The number of aliphatic hydroxyl groups is 3. The Bertz CT molecular complexity index is 599. The van der Waals surface area contributed by atoms with Crippen LogP contribution in [0.4, 0.5) is 0 Å². The molecule has 0 bridgehead atoms. The van der Waals surface area contributed by atoms with Crippen molar-refractivity contribution in [2.24, 2.45) is 34.5 Å². The van der Waals surface area contributed by atoms with E-state index >= 15 is 0 Å². The van der Waals surface area contributed by atoms with Crippen LogP contribution >= 0.6 is 15.9 Å². The fourth-order valence-corrected chi connectivity index (χ4v) is 8.64. The minimum atomic E-state index is -0.459. The number of halogens is 1.